The van der Waals surface area contributed by atoms with Gasteiger partial charge in [0.2, 0.25) is 0 Å². The molecule has 0 spiro atoms. The highest BCUT2D eigenvalue weighted by Gasteiger charge is 2.36. The summed E-state index contributed by atoms with van der Waals surface area (Å²) in [6, 6.07) is 13.0. The van der Waals surface area contributed by atoms with Gasteiger partial charge in [-0.25, -0.2) is 0 Å². The zero-order valence-electron chi connectivity index (χ0n) is 21.9. The zero-order chi connectivity index (χ0) is 24.0. The Morgan fingerprint density at radius 2 is 1.00 bits per heavy atom. The Bertz CT molecular complexity index is 916. The van der Waals surface area contributed by atoms with E-state index in [1.54, 1.807) is 0 Å². The van der Waals surface area contributed by atoms with Crippen molar-refractivity contribution in [3.8, 4) is 5.75 Å². The average molecular weight is 439 g/mol. The van der Waals surface area contributed by atoms with E-state index in [1.807, 2.05) is 0 Å². The van der Waals surface area contributed by atoms with Crippen LogP contribution in [0.25, 0.3) is 0 Å². The van der Waals surface area contributed by atoms with E-state index in [4.69, 9.17) is 3.79 Å². The Balaban J connectivity index is 2.54. The van der Waals surface area contributed by atoms with E-state index >= 15 is 0 Å². The van der Waals surface area contributed by atoms with Crippen LogP contribution < -0.4 is 8.21 Å². The molecule has 0 aliphatic rings. The molecule has 0 amide bonds. The molecule has 0 saturated heterocycles. The topological polar surface area (TPSA) is 29.5 Å². The van der Waals surface area contributed by atoms with Crippen molar-refractivity contribution in [2.45, 2.75) is 105 Å². The molecule has 0 heterocycles. The highest BCUT2D eigenvalue weighted by molar-refractivity contribution is 6.61. The van der Waals surface area contributed by atoms with Gasteiger partial charge in [-0.15, -0.1) is 0 Å². The first-order valence-corrected chi connectivity index (χ1v) is 13.0. The molecule has 170 valence electrons. The summed E-state index contributed by atoms with van der Waals surface area (Å²) < 4.78 is 18.7. The van der Waals surface area contributed by atoms with Crippen molar-refractivity contribution >= 4 is 19.2 Å². The second-order valence-electron chi connectivity index (χ2n) is 13.0. The lowest BCUT2D eigenvalue weighted by Gasteiger charge is -2.30. The minimum Gasteiger partial charge on any atom is -0.618 e. The summed E-state index contributed by atoms with van der Waals surface area (Å²) in [4.78, 5) is 0. The minimum absolute atomic E-state index is 0.0636. The summed E-state index contributed by atoms with van der Waals surface area (Å²) in [5.74, 6) is 0.805. The monoisotopic (exact) mass is 438 g/mol. The zero-order valence-corrected chi connectivity index (χ0v) is 23.1. The van der Waals surface area contributed by atoms with Gasteiger partial charge in [-0.1, -0.05) is 113 Å². The maximum absolute atomic E-state index is 11.3. The molecule has 0 aliphatic heterocycles. The maximum Gasteiger partial charge on any atom is 0.807 e. The molecule has 2 rings (SSSR count). The Hall–Kier alpha value is -1.27. The van der Waals surface area contributed by atoms with Gasteiger partial charge in [-0.3, -0.25) is 0 Å². The predicted octanol–water partition coefficient (Wildman–Crippen LogP) is 6.64. The summed E-state index contributed by atoms with van der Waals surface area (Å²) in [5, 5.41) is 0. The van der Waals surface area contributed by atoms with E-state index in [-0.39, 0.29) is 21.7 Å². The number of hydrogen-bond acceptors (Lipinski definition) is 2. The molecule has 0 bridgehead atoms. The largest absolute Gasteiger partial charge is 0.807 e. The first-order chi connectivity index (χ1) is 13.8. The first-order valence-electron chi connectivity index (χ1n) is 11.5. The van der Waals surface area contributed by atoms with Crippen LogP contribution in [0.5, 0.6) is 5.75 Å². The molecule has 0 radical (unpaired) electrons. The van der Waals surface area contributed by atoms with Crippen LogP contribution in [-0.4, -0.2) is 19.0 Å². The molecule has 0 atom stereocenters. The standard InChI is InChI=1S/C14H22O.C14H21.Al.H2O/c1-13(2,3)10-7-8-12(15)11(9-10)14(4,5)6;1-13(2,3)11-8-7-9-12(10-11)14(4,5)6;;/h7-9,15H,1-6H3;7-8,10H,1-6H3;;1H2/q;;+2;/p-2. The molecular weight excluding hydrogens is 395 g/mol. The SMILES string of the molecule is CC(C)(C)c1ccc([O][Al]([OH])[c]2ccc(C(C)(C)C)cc2C(C)(C)C)c(C(C)(C)C)c1. The number of hydrogen-bond donors (Lipinski definition) is 1. The van der Waals surface area contributed by atoms with Gasteiger partial charge in [-0.2, -0.15) is 0 Å². The molecule has 0 saturated carbocycles. The number of benzene rings is 2. The summed E-state index contributed by atoms with van der Waals surface area (Å²) in [6.07, 6.45) is 0. The van der Waals surface area contributed by atoms with Crippen molar-refractivity contribution in [2.24, 2.45) is 0 Å². The van der Waals surface area contributed by atoms with E-state index < -0.39 is 14.8 Å². The minimum atomic E-state index is -2.66. The smallest absolute Gasteiger partial charge is 0.618 e. The van der Waals surface area contributed by atoms with E-state index in [0.29, 0.717) is 0 Å². The van der Waals surface area contributed by atoms with E-state index in [1.165, 1.54) is 16.7 Å². The van der Waals surface area contributed by atoms with Crippen LogP contribution in [0.15, 0.2) is 36.4 Å². The molecule has 0 aliphatic carbocycles. The van der Waals surface area contributed by atoms with E-state index in [9.17, 15) is 4.16 Å². The van der Waals surface area contributed by atoms with E-state index in [2.05, 4.69) is 119 Å². The van der Waals surface area contributed by atoms with Crippen LogP contribution in [0.1, 0.15) is 105 Å². The molecule has 0 fully saturated rings. The third kappa shape index (κ3) is 6.38. The normalized spacial score (nSPS) is 13.3. The lowest BCUT2D eigenvalue weighted by molar-refractivity contribution is 0.419. The Morgan fingerprint density at radius 1 is 0.581 bits per heavy atom. The molecule has 0 aromatic heterocycles. The molecule has 2 aromatic rings. The molecule has 1 N–H and O–H groups in total. The third-order valence-corrected chi connectivity index (χ3v) is 7.40. The summed E-state index contributed by atoms with van der Waals surface area (Å²) in [5.41, 5.74) is 4.88. The second-order valence-corrected chi connectivity index (χ2v) is 14.5. The molecule has 31 heavy (non-hydrogen) atoms. The van der Waals surface area contributed by atoms with Crippen molar-refractivity contribution in [3.05, 3.63) is 58.7 Å². The van der Waals surface area contributed by atoms with Gasteiger partial charge < -0.3 is 7.95 Å². The second kappa shape index (κ2) is 8.59. The maximum atomic E-state index is 11.3. The molecule has 2 nitrogen and oxygen atoms in total. The van der Waals surface area contributed by atoms with Gasteiger partial charge in [0, 0.05) is 0 Å². The fourth-order valence-corrected chi connectivity index (χ4v) is 5.37. The Labute approximate surface area is 196 Å². The molecular formula is C28H43AlO2. The van der Waals surface area contributed by atoms with Crippen molar-refractivity contribution in [1.29, 1.82) is 0 Å². The summed E-state index contributed by atoms with van der Waals surface area (Å²) >= 11 is -2.66. The van der Waals surface area contributed by atoms with Gasteiger partial charge >= 0.3 is 14.8 Å². The van der Waals surface area contributed by atoms with Crippen molar-refractivity contribution in [1.82, 2.24) is 0 Å². The quantitative estimate of drug-likeness (QED) is 0.544. The Kier molecular flexibility index (Phi) is 7.20. The van der Waals surface area contributed by atoms with Crippen molar-refractivity contribution < 1.29 is 7.95 Å². The van der Waals surface area contributed by atoms with Gasteiger partial charge in [0.05, 0.1) is 5.75 Å². The van der Waals surface area contributed by atoms with Crippen LogP contribution in [0.4, 0.5) is 0 Å². The van der Waals surface area contributed by atoms with Crippen molar-refractivity contribution in [3.63, 3.8) is 0 Å². The molecule has 2 aromatic carbocycles. The predicted molar refractivity (Wildman–Crippen MR) is 136 cm³/mol. The van der Waals surface area contributed by atoms with Crippen molar-refractivity contribution in [2.75, 3.05) is 0 Å². The highest BCUT2D eigenvalue weighted by atomic mass is 27.2. The fraction of sp³-hybridized carbons (Fsp3) is 0.571. The van der Waals surface area contributed by atoms with Crippen LogP contribution in [0, 0.1) is 0 Å². The molecule has 3 heteroatoms. The van der Waals surface area contributed by atoms with Gasteiger partial charge in [-0.05, 0) is 54.4 Å². The lowest BCUT2D eigenvalue weighted by atomic mass is 9.80. The van der Waals surface area contributed by atoms with Crippen LogP contribution in [0.2, 0.25) is 0 Å². The third-order valence-electron chi connectivity index (χ3n) is 5.89. The first kappa shape index (κ1) is 26.0. The van der Waals surface area contributed by atoms with Gasteiger partial charge in [0.1, 0.15) is 0 Å². The van der Waals surface area contributed by atoms with Crippen LogP contribution in [-0.2, 0) is 21.7 Å². The molecule has 0 unspecified atom stereocenters. The van der Waals surface area contributed by atoms with Crippen LogP contribution in [0.3, 0.4) is 0 Å². The van der Waals surface area contributed by atoms with E-state index in [0.717, 1.165) is 15.7 Å². The average Bonchev–Trinajstić information content (AvgIpc) is 2.58. The summed E-state index contributed by atoms with van der Waals surface area (Å²) in [7, 11) is 0. The van der Waals surface area contributed by atoms with Gasteiger partial charge in [0.25, 0.3) is 0 Å². The fourth-order valence-electron chi connectivity index (χ4n) is 3.76. The van der Waals surface area contributed by atoms with Crippen LogP contribution >= 0.6 is 0 Å². The Morgan fingerprint density at radius 3 is 1.42 bits per heavy atom. The number of rotatable bonds is 3. The van der Waals surface area contributed by atoms with Gasteiger partial charge in [0.15, 0.2) is 0 Å². The lowest BCUT2D eigenvalue weighted by Crippen LogP contribution is -2.42. The highest BCUT2D eigenvalue weighted by Crippen LogP contribution is 2.36. The summed E-state index contributed by atoms with van der Waals surface area (Å²) in [6.45, 7) is 26.6.